The molecule has 1 amide bonds. The third-order valence-electron chi connectivity index (χ3n) is 1.99. The van der Waals surface area contributed by atoms with Gasteiger partial charge in [0, 0.05) is 18.6 Å². The number of aromatic nitrogens is 2. The molecule has 0 spiro atoms. The van der Waals surface area contributed by atoms with Crippen LogP contribution in [0.1, 0.15) is 25.2 Å². The molecule has 2 N–H and O–H groups in total. The zero-order valence-electron chi connectivity index (χ0n) is 9.23. The lowest BCUT2D eigenvalue weighted by Gasteiger charge is -2.13. The highest BCUT2D eigenvalue weighted by molar-refractivity contribution is 7.91. The molecule has 7 heteroatoms. The van der Waals surface area contributed by atoms with Crippen LogP contribution in [0.3, 0.4) is 0 Å². The molecule has 1 heterocycles. The van der Waals surface area contributed by atoms with Crippen LogP contribution in [0.15, 0.2) is 12.4 Å². The van der Waals surface area contributed by atoms with Crippen LogP contribution in [0, 0.1) is 0 Å². The number of amides is 1. The fourth-order valence-electron chi connectivity index (χ4n) is 1.31. The number of hydrogen-bond donors (Lipinski definition) is 2. The first-order valence-corrected chi connectivity index (χ1v) is 6.94. The second kappa shape index (κ2) is 5.11. The summed E-state index contributed by atoms with van der Waals surface area (Å²) in [7, 11) is -3.29. The van der Waals surface area contributed by atoms with Gasteiger partial charge >= 0.3 is 0 Å². The molecule has 6 nitrogen and oxygen atoms in total. The van der Waals surface area contributed by atoms with Crippen LogP contribution in [-0.2, 0) is 14.6 Å². The molecule has 0 aromatic carbocycles. The van der Waals surface area contributed by atoms with Crippen molar-refractivity contribution in [1.29, 1.82) is 0 Å². The molecule has 0 fully saturated rings. The maximum Gasteiger partial charge on any atom is 0.235 e. The van der Waals surface area contributed by atoms with Crippen molar-refractivity contribution in [3.05, 3.63) is 18.2 Å². The zero-order chi connectivity index (χ0) is 12.2. The van der Waals surface area contributed by atoms with E-state index in [9.17, 15) is 13.2 Å². The Bertz CT molecular complexity index is 439. The highest BCUT2D eigenvalue weighted by Crippen LogP contribution is 2.10. The van der Waals surface area contributed by atoms with E-state index in [1.54, 1.807) is 12.4 Å². The van der Waals surface area contributed by atoms with E-state index in [-0.39, 0.29) is 6.04 Å². The van der Waals surface area contributed by atoms with Crippen molar-refractivity contribution >= 4 is 15.7 Å². The zero-order valence-corrected chi connectivity index (χ0v) is 10.0. The summed E-state index contributed by atoms with van der Waals surface area (Å²) in [6.07, 6.45) is 4.91. The summed E-state index contributed by atoms with van der Waals surface area (Å²) >= 11 is 0. The number of nitrogens with one attached hydrogen (secondary N) is 2. The Balaban J connectivity index is 2.62. The summed E-state index contributed by atoms with van der Waals surface area (Å²) in [5, 5.41) is 2.61. The first-order chi connectivity index (χ1) is 7.42. The molecule has 1 aromatic rings. The minimum absolute atomic E-state index is 0.274. The average Bonchev–Trinajstić information content (AvgIpc) is 2.63. The quantitative estimate of drug-likeness (QED) is 0.765. The van der Waals surface area contributed by atoms with Crippen LogP contribution in [0.2, 0.25) is 0 Å². The van der Waals surface area contributed by atoms with E-state index in [2.05, 4.69) is 15.3 Å². The standard InChI is InChI=1S/C9H15N3O3S/c1-3-7(9-10-4-5-11-9)12-8(13)6-16(2,14)15/h4-5,7H,3,6H2,1-2H3,(H,10,11)(H,12,13). The summed E-state index contributed by atoms with van der Waals surface area (Å²) in [5.41, 5.74) is 0. The van der Waals surface area contributed by atoms with Gasteiger partial charge in [-0.3, -0.25) is 4.79 Å². The molecule has 0 aliphatic rings. The molecular formula is C9H15N3O3S. The second-order valence-electron chi connectivity index (χ2n) is 3.57. The molecule has 0 saturated carbocycles. The molecule has 1 rings (SSSR count). The molecule has 1 aromatic heterocycles. The molecule has 0 aliphatic heterocycles. The van der Waals surface area contributed by atoms with Crippen LogP contribution in [-0.4, -0.2) is 36.3 Å². The Morgan fingerprint density at radius 2 is 2.31 bits per heavy atom. The largest absolute Gasteiger partial charge is 0.347 e. The van der Waals surface area contributed by atoms with Gasteiger partial charge in [0.2, 0.25) is 5.91 Å². The highest BCUT2D eigenvalue weighted by atomic mass is 32.2. The molecular weight excluding hydrogens is 230 g/mol. The summed E-state index contributed by atoms with van der Waals surface area (Å²) in [5.74, 6) is -0.375. The lowest BCUT2D eigenvalue weighted by molar-refractivity contribution is -0.119. The molecule has 90 valence electrons. The van der Waals surface area contributed by atoms with Crippen molar-refractivity contribution in [1.82, 2.24) is 15.3 Å². The second-order valence-corrected chi connectivity index (χ2v) is 5.71. The average molecular weight is 245 g/mol. The molecule has 1 atom stereocenters. The number of hydrogen-bond acceptors (Lipinski definition) is 4. The van der Waals surface area contributed by atoms with Gasteiger partial charge in [-0.2, -0.15) is 0 Å². The van der Waals surface area contributed by atoms with Gasteiger partial charge in [-0.05, 0) is 6.42 Å². The Hall–Kier alpha value is -1.37. The van der Waals surface area contributed by atoms with E-state index in [0.717, 1.165) is 6.26 Å². The Morgan fingerprint density at radius 1 is 1.62 bits per heavy atom. The summed E-state index contributed by atoms with van der Waals surface area (Å²) in [6, 6.07) is -0.274. The number of carbonyl (C=O) groups is 1. The minimum Gasteiger partial charge on any atom is -0.347 e. The lowest BCUT2D eigenvalue weighted by Crippen LogP contribution is -2.33. The fourth-order valence-corrected chi connectivity index (χ4v) is 1.87. The smallest absolute Gasteiger partial charge is 0.235 e. The van der Waals surface area contributed by atoms with Crippen LogP contribution in [0.25, 0.3) is 0 Å². The number of H-pyrrole nitrogens is 1. The van der Waals surface area contributed by atoms with Crippen LogP contribution >= 0.6 is 0 Å². The number of imidazole rings is 1. The molecule has 0 aliphatic carbocycles. The fraction of sp³-hybridized carbons (Fsp3) is 0.556. The van der Waals surface area contributed by atoms with Gasteiger partial charge in [0.1, 0.15) is 11.6 Å². The third kappa shape index (κ3) is 4.01. The Kier molecular flexibility index (Phi) is 4.05. The predicted octanol–water partition coefficient (Wildman–Crippen LogP) is 0.0216. The van der Waals surface area contributed by atoms with Gasteiger partial charge < -0.3 is 10.3 Å². The van der Waals surface area contributed by atoms with E-state index in [0.29, 0.717) is 12.2 Å². The summed E-state index contributed by atoms with van der Waals surface area (Å²) < 4.78 is 21.8. The van der Waals surface area contributed by atoms with E-state index < -0.39 is 21.5 Å². The maximum absolute atomic E-state index is 11.4. The Morgan fingerprint density at radius 3 is 2.75 bits per heavy atom. The van der Waals surface area contributed by atoms with E-state index in [1.165, 1.54) is 0 Å². The van der Waals surface area contributed by atoms with Crippen molar-refractivity contribution in [2.45, 2.75) is 19.4 Å². The van der Waals surface area contributed by atoms with Gasteiger partial charge in [-0.1, -0.05) is 6.92 Å². The number of aromatic amines is 1. The van der Waals surface area contributed by atoms with Gasteiger partial charge in [0.05, 0.1) is 6.04 Å². The molecule has 1 unspecified atom stereocenters. The first-order valence-electron chi connectivity index (χ1n) is 4.88. The van der Waals surface area contributed by atoms with Gasteiger partial charge in [-0.25, -0.2) is 13.4 Å². The summed E-state index contributed by atoms with van der Waals surface area (Å²) in [6.45, 7) is 1.88. The maximum atomic E-state index is 11.4. The molecule has 16 heavy (non-hydrogen) atoms. The molecule has 0 bridgehead atoms. The topological polar surface area (TPSA) is 91.9 Å². The summed E-state index contributed by atoms with van der Waals surface area (Å²) in [4.78, 5) is 18.3. The van der Waals surface area contributed by atoms with E-state index >= 15 is 0 Å². The van der Waals surface area contributed by atoms with Crippen LogP contribution in [0.4, 0.5) is 0 Å². The number of carbonyl (C=O) groups excluding carboxylic acids is 1. The number of nitrogens with zero attached hydrogens (tertiary/aromatic N) is 1. The third-order valence-corrected chi connectivity index (χ3v) is 2.77. The monoisotopic (exact) mass is 245 g/mol. The normalized spacial score (nSPS) is 13.4. The van der Waals surface area contributed by atoms with E-state index in [4.69, 9.17) is 0 Å². The van der Waals surface area contributed by atoms with Crippen molar-refractivity contribution in [2.24, 2.45) is 0 Å². The number of sulfone groups is 1. The molecule has 0 radical (unpaired) electrons. The van der Waals surface area contributed by atoms with Gasteiger partial charge in [0.15, 0.2) is 9.84 Å². The van der Waals surface area contributed by atoms with Crippen molar-refractivity contribution in [2.75, 3.05) is 12.0 Å². The first kappa shape index (κ1) is 12.7. The van der Waals surface area contributed by atoms with Crippen LogP contribution in [0.5, 0.6) is 0 Å². The predicted molar refractivity (Wildman–Crippen MR) is 59.5 cm³/mol. The van der Waals surface area contributed by atoms with Crippen molar-refractivity contribution in [3.63, 3.8) is 0 Å². The van der Waals surface area contributed by atoms with E-state index in [1.807, 2.05) is 6.92 Å². The lowest BCUT2D eigenvalue weighted by atomic mass is 10.2. The SMILES string of the molecule is CCC(NC(=O)CS(C)(=O)=O)c1ncc[nH]1. The minimum atomic E-state index is -3.29. The number of rotatable bonds is 5. The van der Waals surface area contributed by atoms with Crippen molar-refractivity contribution in [3.8, 4) is 0 Å². The van der Waals surface area contributed by atoms with Crippen LogP contribution < -0.4 is 5.32 Å². The van der Waals surface area contributed by atoms with Gasteiger partial charge in [0.25, 0.3) is 0 Å². The Labute approximate surface area is 94.4 Å². The van der Waals surface area contributed by atoms with Crippen molar-refractivity contribution < 1.29 is 13.2 Å². The van der Waals surface area contributed by atoms with Gasteiger partial charge in [-0.15, -0.1) is 0 Å². The highest BCUT2D eigenvalue weighted by Gasteiger charge is 2.17. The molecule has 0 saturated heterocycles.